The van der Waals surface area contributed by atoms with Crippen molar-refractivity contribution in [2.24, 2.45) is 0 Å². The molecule has 0 aliphatic heterocycles. The van der Waals surface area contributed by atoms with Gasteiger partial charge in [-0.25, -0.2) is 9.18 Å². The van der Waals surface area contributed by atoms with Crippen LogP contribution in [-0.4, -0.2) is 34.5 Å². The Balaban J connectivity index is 1.64. The lowest BCUT2D eigenvalue weighted by Gasteiger charge is -2.17. The second kappa shape index (κ2) is 6.86. The number of ketones is 1. The fraction of sp³-hybridized carbons (Fsp3) is 0.333. The Kier molecular flexibility index (Phi) is 4.64. The monoisotopic (exact) mass is 331 g/mol. The fourth-order valence-electron chi connectivity index (χ4n) is 2.70. The van der Waals surface area contributed by atoms with Crippen molar-refractivity contribution in [2.75, 3.05) is 6.54 Å². The van der Waals surface area contributed by atoms with Crippen molar-refractivity contribution >= 4 is 11.9 Å². The normalized spacial score (nSPS) is 13.7. The number of carbonyl (C=O) groups excluding carboxylic acids is 1. The van der Waals surface area contributed by atoms with Crippen molar-refractivity contribution in [3.8, 4) is 0 Å². The summed E-state index contributed by atoms with van der Waals surface area (Å²) in [7, 11) is 0. The van der Waals surface area contributed by atoms with Gasteiger partial charge in [-0.15, -0.1) is 0 Å². The first-order valence-electron chi connectivity index (χ1n) is 7.88. The molecule has 1 saturated carbocycles. The van der Waals surface area contributed by atoms with E-state index in [0.29, 0.717) is 6.42 Å². The van der Waals surface area contributed by atoms with Gasteiger partial charge in [0.25, 0.3) is 0 Å². The maximum atomic E-state index is 13.0. The number of benzene rings is 1. The highest BCUT2D eigenvalue weighted by atomic mass is 19.1. The number of carboxylic acid groups (broad SMARTS) is 1. The molecule has 1 aliphatic carbocycles. The van der Waals surface area contributed by atoms with Crippen molar-refractivity contribution in [1.29, 1.82) is 0 Å². The molecule has 0 radical (unpaired) electrons. The lowest BCUT2D eigenvalue weighted by atomic mass is 10.0. The first kappa shape index (κ1) is 16.2. The highest BCUT2D eigenvalue weighted by Gasteiger charge is 2.32. The van der Waals surface area contributed by atoms with E-state index in [9.17, 15) is 14.0 Å². The van der Waals surface area contributed by atoms with Gasteiger partial charge in [0, 0.05) is 31.0 Å². The van der Waals surface area contributed by atoms with Crippen LogP contribution >= 0.6 is 0 Å². The minimum Gasteiger partial charge on any atom is -0.465 e. The Bertz CT molecular complexity index is 734. The molecule has 0 atom stereocenters. The van der Waals surface area contributed by atoms with Gasteiger partial charge in [0.1, 0.15) is 5.82 Å². The Morgan fingerprint density at radius 2 is 1.92 bits per heavy atom. The number of Topliss-reactive ketones (excluding diaryl/α,β-unsaturated/α-hetero) is 1. The second-order valence-corrected chi connectivity index (χ2v) is 5.96. The van der Waals surface area contributed by atoms with E-state index in [2.05, 4.69) is 0 Å². The van der Waals surface area contributed by atoms with E-state index in [0.717, 1.165) is 24.0 Å². The molecule has 1 aromatic carbocycles. The van der Waals surface area contributed by atoms with Crippen molar-refractivity contribution in [1.82, 2.24) is 4.90 Å². The van der Waals surface area contributed by atoms with Crippen LogP contribution in [0.5, 0.6) is 0 Å². The van der Waals surface area contributed by atoms with Crippen LogP contribution in [0.2, 0.25) is 0 Å². The van der Waals surface area contributed by atoms with Crippen LogP contribution in [0.15, 0.2) is 41.0 Å². The first-order chi connectivity index (χ1) is 11.5. The number of nitrogens with zero attached hydrogens (tertiary/aromatic N) is 1. The Morgan fingerprint density at radius 3 is 2.54 bits per heavy atom. The molecule has 5 nitrogen and oxygen atoms in total. The molecule has 0 unspecified atom stereocenters. The summed E-state index contributed by atoms with van der Waals surface area (Å²) in [5.41, 5.74) is 1.59. The van der Waals surface area contributed by atoms with Crippen LogP contribution in [0.25, 0.3) is 0 Å². The number of furan rings is 1. The second-order valence-electron chi connectivity index (χ2n) is 5.96. The lowest BCUT2D eigenvalue weighted by molar-refractivity contribution is 0.0930. The zero-order chi connectivity index (χ0) is 17.1. The predicted octanol–water partition coefficient (Wildman–Crippen LogP) is 3.72. The molecular formula is C18H18FNO4. The van der Waals surface area contributed by atoms with Gasteiger partial charge in [-0.2, -0.15) is 0 Å². The summed E-state index contributed by atoms with van der Waals surface area (Å²) >= 11 is 0. The third kappa shape index (κ3) is 3.82. The highest BCUT2D eigenvalue weighted by molar-refractivity contribution is 5.95. The molecule has 3 rings (SSSR count). The van der Waals surface area contributed by atoms with Gasteiger partial charge in [0.2, 0.25) is 0 Å². The number of rotatable bonds is 7. The quantitative estimate of drug-likeness (QED) is 0.785. The van der Waals surface area contributed by atoms with Crippen molar-refractivity contribution < 1.29 is 23.5 Å². The molecule has 6 heteroatoms. The number of hydrogen-bond donors (Lipinski definition) is 1. The molecule has 1 aromatic heterocycles. The molecular weight excluding hydrogens is 313 g/mol. The Hall–Kier alpha value is -2.63. The topological polar surface area (TPSA) is 70.8 Å². The van der Waals surface area contributed by atoms with E-state index in [1.54, 1.807) is 18.2 Å². The van der Waals surface area contributed by atoms with E-state index in [1.165, 1.54) is 23.3 Å². The Labute approximate surface area is 138 Å². The summed E-state index contributed by atoms with van der Waals surface area (Å²) in [6, 6.07) is 7.83. The van der Waals surface area contributed by atoms with Gasteiger partial charge in [-0.3, -0.25) is 4.79 Å². The smallest absolute Gasteiger partial charge is 0.407 e. The zero-order valence-corrected chi connectivity index (χ0v) is 13.1. The summed E-state index contributed by atoms with van der Waals surface area (Å²) in [4.78, 5) is 24.9. The molecule has 0 saturated heterocycles. The molecule has 1 aliphatic rings. The molecule has 1 heterocycles. The molecule has 1 fully saturated rings. The fourth-order valence-corrected chi connectivity index (χ4v) is 2.70. The van der Waals surface area contributed by atoms with Crippen LogP contribution < -0.4 is 0 Å². The van der Waals surface area contributed by atoms with E-state index < -0.39 is 6.09 Å². The van der Waals surface area contributed by atoms with Gasteiger partial charge in [-0.05, 0) is 36.6 Å². The minimum absolute atomic E-state index is 0.0468. The SMILES string of the molecule is O=C(CCN(C(=O)O)C1CC1)c1occc1Cc1ccc(F)cc1. The van der Waals surface area contributed by atoms with Crippen LogP contribution in [-0.2, 0) is 6.42 Å². The number of carbonyl (C=O) groups is 2. The van der Waals surface area contributed by atoms with Gasteiger partial charge in [0.15, 0.2) is 11.5 Å². The summed E-state index contributed by atoms with van der Waals surface area (Å²) in [5, 5.41) is 9.16. The number of hydrogen-bond acceptors (Lipinski definition) is 3. The van der Waals surface area contributed by atoms with Crippen LogP contribution in [0.1, 0.15) is 40.9 Å². The lowest BCUT2D eigenvalue weighted by Crippen LogP contribution is -2.33. The van der Waals surface area contributed by atoms with Gasteiger partial charge in [0.05, 0.1) is 6.26 Å². The molecule has 1 N–H and O–H groups in total. The van der Waals surface area contributed by atoms with Crippen molar-refractivity contribution in [3.63, 3.8) is 0 Å². The zero-order valence-electron chi connectivity index (χ0n) is 13.1. The average molecular weight is 331 g/mol. The third-order valence-electron chi connectivity index (χ3n) is 4.12. The molecule has 24 heavy (non-hydrogen) atoms. The molecule has 2 aromatic rings. The van der Waals surface area contributed by atoms with Gasteiger partial charge >= 0.3 is 6.09 Å². The average Bonchev–Trinajstić information content (AvgIpc) is 3.27. The number of halogens is 1. The first-order valence-corrected chi connectivity index (χ1v) is 7.88. The number of amides is 1. The summed E-state index contributed by atoms with van der Waals surface area (Å²) in [6.07, 6.45) is 2.72. The predicted molar refractivity (Wildman–Crippen MR) is 84.6 cm³/mol. The van der Waals surface area contributed by atoms with Crippen molar-refractivity contribution in [3.05, 3.63) is 59.3 Å². The third-order valence-corrected chi connectivity index (χ3v) is 4.12. The largest absolute Gasteiger partial charge is 0.465 e. The van der Waals surface area contributed by atoms with Gasteiger partial charge < -0.3 is 14.4 Å². The maximum absolute atomic E-state index is 13.0. The van der Waals surface area contributed by atoms with E-state index in [1.807, 2.05) is 0 Å². The standard InChI is InChI=1S/C18H18FNO4/c19-14-3-1-12(2-4-14)11-13-8-10-24-17(13)16(21)7-9-20(18(22)23)15-5-6-15/h1-4,8,10,15H,5-7,9,11H2,(H,22,23). The van der Waals surface area contributed by atoms with Crippen LogP contribution in [0.4, 0.5) is 9.18 Å². The summed E-state index contributed by atoms with van der Waals surface area (Å²) < 4.78 is 18.3. The van der Waals surface area contributed by atoms with Crippen LogP contribution in [0, 0.1) is 5.82 Å². The summed E-state index contributed by atoms with van der Waals surface area (Å²) in [6.45, 7) is 0.176. The van der Waals surface area contributed by atoms with E-state index in [4.69, 9.17) is 9.52 Å². The molecule has 1 amide bonds. The highest BCUT2D eigenvalue weighted by Crippen LogP contribution is 2.27. The van der Waals surface area contributed by atoms with E-state index >= 15 is 0 Å². The van der Waals surface area contributed by atoms with Gasteiger partial charge in [-0.1, -0.05) is 12.1 Å². The summed E-state index contributed by atoms with van der Waals surface area (Å²) in [5.74, 6) is -0.277. The molecule has 0 spiro atoms. The van der Waals surface area contributed by atoms with E-state index in [-0.39, 0.29) is 36.4 Å². The molecule has 0 bridgehead atoms. The minimum atomic E-state index is -0.990. The maximum Gasteiger partial charge on any atom is 0.407 e. The van der Waals surface area contributed by atoms with Crippen LogP contribution in [0.3, 0.4) is 0 Å². The Morgan fingerprint density at radius 1 is 1.21 bits per heavy atom. The van der Waals surface area contributed by atoms with Crippen molar-refractivity contribution in [2.45, 2.75) is 31.7 Å². The molecule has 126 valence electrons.